The maximum absolute atomic E-state index is 12.2. The molecule has 104 valence electrons. The maximum Gasteiger partial charge on any atom is 0.228 e. The molecule has 0 aliphatic heterocycles. The summed E-state index contributed by atoms with van der Waals surface area (Å²) < 4.78 is 15.2. The van der Waals surface area contributed by atoms with Crippen LogP contribution in [0.2, 0.25) is 0 Å². The van der Waals surface area contributed by atoms with Gasteiger partial charge < -0.3 is 14.2 Å². The van der Waals surface area contributed by atoms with Gasteiger partial charge in [0.25, 0.3) is 0 Å². The monoisotopic (exact) mass is 274 g/mol. The fraction of sp³-hybridized carbons (Fsp3) is 0.200. The Bertz CT molecular complexity index is 625. The van der Waals surface area contributed by atoms with Crippen LogP contribution in [-0.2, 0) is 14.3 Å². The van der Waals surface area contributed by atoms with Crippen molar-refractivity contribution in [3.63, 3.8) is 0 Å². The van der Waals surface area contributed by atoms with Crippen LogP contribution in [0.25, 0.3) is 5.57 Å². The van der Waals surface area contributed by atoms with Gasteiger partial charge in [0.05, 0.1) is 21.3 Å². The molecule has 0 aromatic heterocycles. The third-order valence-corrected chi connectivity index (χ3v) is 2.94. The molecule has 0 amide bonds. The third kappa shape index (κ3) is 2.42. The molecule has 0 atom stereocenters. The average molecular weight is 274 g/mol. The number of ketones is 2. The van der Waals surface area contributed by atoms with E-state index in [1.54, 1.807) is 18.2 Å². The van der Waals surface area contributed by atoms with Gasteiger partial charge in [-0.15, -0.1) is 0 Å². The zero-order valence-corrected chi connectivity index (χ0v) is 11.4. The van der Waals surface area contributed by atoms with Crippen LogP contribution in [-0.4, -0.2) is 32.9 Å². The Morgan fingerprint density at radius 2 is 1.55 bits per heavy atom. The Labute approximate surface area is 116 Å². The van der Waals surface area contributed by atoms with Gasteiger partial charge >= 0.3 is 0 Å². The van der Waals surface area contributed by atoms with Crippen molar-refractivity contribution in [2.45, 2.75) is 0 Å². The van der Waals surface area contributed by atoms with Crippen LogP contribution >= 0.6 is 0 Å². The van der Waals surface area contributed by atoms with Crippen molar-refractivity contribution in [1.29, 1.82) is 0 Å². The summed E-state index contributed by atoms with van der Waals surface area (Å²) in [6.07, 6.45) is 2.46. The van der Waals surface area contributed by atoms with Crippen molar-refractivity contribution >= 4 is 17.1 Å². The van der Waals surface area contributed by atoms with Gasteiger partial charge in [-0.2, -0.15) is 0 Å². The number of benzene rings is 1. The number of rotatable bonds is 4. The molecular formula is C15H14O5. The SMILES string of the molecule is COC1=CC(=O)C=C(c2ccc(OC)c(OC)c2)C1=O. The van der Waals surface area contributed by atoms with Crippen LogP contribution in [0, 0.1) is 0 Å². The first-order chi connectivity index (χ1) is 9.60. The van der Waals surface area contributed by atoms with Crippen LogP contribution in [0.15, 0.2) is 36.1 Å². The zero-order valence-electron chi connectivity index (χ0n) is 11.4. The standard InChI is InChI=1S/C15H14O5/c1-18-12-5-4-9(6-13(12)19-2)11-7-10(16)8-14(20-3)15(11)17/h4-8H,1-3H3. The predicted octanol–water partition coefficient (Wildman–Crippen LogP) is 1.77. The molecule has 0 N–H and O–H groups in total. The Hall–Kier alpha value is -2.56. The summed E-state index contributed by atoms with van der Waals surface area (Å²) in [7, 11) is 4.39. The molecule has 1 aliphatic carbocycles. The maximum atomic E-state index is 12.2. The Morgan fingerprint density at radius 1 is 0.850 bits per heavy atom. The second-order valence-electron chi connectivity index (χ2n) is 4.07. The molecule has 1 aromatic carbocycles. The molecule has 0 unspecified atom stereocenters. The van der Waals surface area contributed by atoms with E-state index in [1.807, 2.05) is 0 Å². The Morgan fingerprint density at radius 3 is 2.15 bits per heavy atom. The quantitative estimate of drug-likeness (QED) is 0.783. The van der Waals surface area contributed by atoms with Gasteiger partial charge in [-0.05, 0) is 23.8 Å². The van der Waals surface area contributed by atoms with E-state index in [9.17, 15) is 9.59 Å². The largest absolute Gasteiger partial charge is 0.493 e. The molecule has 0 saturated heterocycles. The minimum Gasteiger partial charge on any atom is -0.493 e. The second-order valence-corrected chi connectivity index (χ2v) is 4.07. The topological polar surface area (TPSA) is 61.8 Å². The summed E-state index contributed by atoms with van der Waals surface area (Å²) in [5.74, 6) is 0.446. The van der Waals surface area contributed by atoms with Crippen LogP contribution < -0.4 is 9.47 Å². The summed E-state index contributed by atoms with van der Waals surface area (Å²) in [5, 5.41) is 0. The van der Waals surface area contributed by atoms with Gasteiger partial charge in [-0.1, -0.05) is 6.07 Å². The highest BCUT2D eigenvalue weighted by molar-refractivity contribution is 6.35. The van der Waals surface area contributed by atoms with Crippen molar-refractivity contribution < 1.29 is 23.8 Å². The molecule has 1 aliphatic rings. The minimum atomic E-state index is -0.334. The molecule has 0 bridgehead atoms. The lowest BCUT2D eigenvalue weighted by Gasteiger charge is -2.14. The normalized spacial score (nSPS) is 14.6. The van der Waals surface area contributed by atoms with Gasteiger partial charge in [0.2, 0.25) is 5.78 Å². The zero-order chi connectivity index (χ0) is 14.7. The van der Waals surface area contributed by atoms with E-state index in [0.717, 1.165) is 0 Å². The number of ether oxygens (including phenoxy) is 3. The molecule has 20 heavy (non-hydrogen) atoms. The fourth-order valence-electron chi connectivity index (χ4n) is 1.95. The smallest absolute Gasteiger partial charge is 0.228 e. The van der Waals surface area contributed by atoms with Crippen molar-refractivity contribution in [2.75, 3.05) is 21.3 Å². The molecule has 5 nitrogen and oxygen atoms in total. The highest BCUT2D eigenvalue weighted by Crippen LogP contribution is 2.32. The number of allylic oxidation sites excluding steroid dienone is 3. The van der Waals surface area contributed by atoms with Gasteiger partial charge in [-0.25, -0.2) is 0 Å². The highest BCUT2D eigenvalue weighted by Gasteiger charge is 2.24. The summed E-state index contributed by atoms with van der Waals surface area (Å²) in [4.78, 5) is 23.8. The molecule has 1 aromatic rings. The molecule has 0 heterocycles. The number of hydrogen-bond acceptors (Lipinski definition) is 5. The van der Waals surface area contributed by atoms with E-state index in [4.69, 9.17) is 14.2 Å². The van der Waals surface area contributed by atoms with E-state index in [-0.39, 0.29) is 22.9 Å². The van der Waals surface area contributed by atoms with Crippen molar-refractivity contribution in [3.8, 4) is 11.5 Å². The van der Waals surface area contributed by atoms with E-state index in [0.29, 0.717) is 17.1 Å². The molecule has 0 spiro atoms. The number of Topliss-reactive ketones (excluding diaryl/α,β-unsaturated/α-hetero) is 1. The molecule has 2 rings (SSSR count). The van der Waals surface area contributed by atoms with Crippen LogP contribution in [0.5, 0.6) is 11.5 Å². The summed E-state index contributed by atoms with van der Waals surface area (Å²) in [6, 6.07) is 5.02. The van der Waals surface area contributed by atoms with Crippen molar-refractivity contribution in [2.24, 2.45) is 0 Å². The van der Waals surface area contributed by atoms with Crippen molar-refractivity contribution in [3.05, 3.63) is 41.7 Å². The average Bonchev–Trinajstić information content (AvgIpc) is 2.48. The fourth-order valence-corrected chi connectivity index (χ4v) is 1.95. The number of carbonyl (C=O) groups is 2. The first-order valence-corrected chi connectivity index (χ1v) is 5.89. The molecular weight excluding hydrogens is 260 g/mol. The lowest BCUT2D eigenvalue weighted by molar-refractivity contribution is -0.116. The second kappa shape index (κ2) is 5.61. The number of methoxy groups -OCH3 is 3. The van der Waals surface area contributed by atoms with Crippen LogP contribution in [0.1, 0.15) is 5.56 Å². The highest BCUT2D eigenvalue weighted by atomic mass is 16.5. The lowest BCUT2D eigenvalue weighted by atomic mass is 9.95. The molecule has 0 fully saturated rings. The van der Waals surface area contributed by atoms with Crippen LogP contribution in [0.3, 0.4) is 0 Å². The lowest BCUT2D eigenvalue weighted by Crippen LogP contribution is -2.14. The van der Waals surface area contributed by atoms with Crippen molar-refractivity contribution in [1.82, 2.24) is 0 Å². The van der Waals surface area contributed by atoms with Gasteiger partial charge in [0.15, 0.2) is 23.0 Å². The summed E-state index contributed by atoms with van der Waals surface area (Å²) in [5.41, 5.74) is 0.846. The van der Waals surface area contributed by atoms with Gasteiger partial charge in [-0.3, -0.25) is 9.59 Å². The number of hydrogen-bond donors (Lipinski definition) is 0. The summed E-state index contributed by atoms with van der Waals surface area (Å²) >= 11 is 0. The van der Waals surface area contributed by atoms with E-state index in [2.05, 4.69) is 0 Å². The first-order valence-electron chi connectivity index (χ1n) is 5.89. The minimum absolute atomic E-state index is 0.0299. The van der Waals surface area contributed by atoms with Gasteiger partial charge in [0, 0.05) is 11.6 Å². The summed E-state index contributed by atoms with van der Waals surface area (Å²) in [6.45, 7) is 0. The Balaban J connectivity index is 2.46. The van der Waals surface area contributed by atoms with E-state index in [1.165, 1.54) is 33.5 Å². The third-order valence-electron chi connectivity index (χ3n) is 2.94. The first kappa shape index (κ1) is 13.9. The predicted molar refractivity (Wildman–Crippen MR) is 72.6 cm³/mol. The van der Waals surface area contributed by atoms with Gasteiger partial charge in [0.1, 0.15) is 0 Å². The molecule has 0 saturated carbocycles. The Kier molecular flexibility index (Phi) is 3.89. The number of carbonyl (C=O) groups excluding carboxylic acids is 2. The van der Waals surface area contributed by atoms with Crippen LogP contribution in [0.4, 0.5) is 0 Å². The van der Waals surface area contributed by atoms with E-state index < -0.39 is 0 Å². The molecule has 0 radical (unpaired) electrons. The molecule has 5 heteroatoms. The van der Waals surface area contributed by atoms with E-state index >= 15 is 0 Å².